The molecular formula is C13H17BrO. The van der Waals surface area contributed by atoms with Gasteiger partial charge in [0.25, 0.3) is 0 Å². The van der Waals surface area contributed by atoms with Gasteiger partial charge >= 0.3 is 0 Å². The van der Waals surface area contributed by atoms with E-state index in [0.717, 1.165) is 23.6 Å². The number of rotatable bonds is 4. The van der Waals surface area contributed by atoms with E-state index in [0.29, 0.717) is 0 Å². The van der Waals surface area contributed by atoms with E-state index in [1.54, 1.807) is 0 Å². The summed E-state index contributed by atoms with van der Waals surface area (Å²) in [5.74, 6) is 1.83. The number of hydrogen-bond acceptors (Lipinski definition) is 1. The van der Waals surface area contributed by atoms with Crippen molar-refractivity contribution in [2.75, 3.05) is 6.61 Å². The molecule has 1 aromatic carbocycles. The Hall–Kier alpha value is -0.500. The van der Waals surface area contributed by atoms with E-state index in [1.807, 2.05) is 6.07 Å². The quantitative estimate of drug-likeness (QED) is 0.746. The fourth-order valence-corrected chi connectivity index (χ4v) is 2.60. The molecule has 0 aromatic heterocycles. The van der Waals surface area contributed by atoms with Crippen LogP contribution in [0.5, 0.6) is 5.75 Å². The van der Waals surface area contributed by atoms with Crippen molar-refractivity contribution in [3.8, 4) is 5.75 Å². The first-order chi connectivity index (χ1) is 7.40. The van der Waals surface area contributed by atoms with E-state index < -0.39 is 0 Å². The van der Waals surface area contributed by atoms with Gasteiger partial charge in [-0.15, -0.1) is 0 Å². The molecule has 0 saturated heterocycles. The second-order valence-electron chi connectivity index (χ2n) is 4.20. The number of halogens is 1. The number of ether oxygens (including phenoxy) is 1. The Kier molecular flexibility index (Phi) is 4.07. The van der Waals surface area contributed by atoms with E-state index in [9.17, 15) is 0 Å². The summed E-state index contributed by atoms with van der Waals surface area (Å²) in [7, 11) is 0. The van der Waals surface area contributed by atoms with Gasteiger partial charge in [-0.25, -0.2) is 0 Å². The molecule has 0 aliphatic heterocycles. The Balaban J connectivity index is 1.91. The highest BCUT2D eigenvalue weighted by Crippen LogP contribution is 2.27. The van der Waals surface area contributed by atoms with Crippen LogP contribution < -0.4 is 4.74 Å². The van der Waals surface area contributed by atoms with Crippen LogP contribution in [-0.2, 0) is 5.33 Å². The molecule has 1 aliphatic carbocycles. The molecule has 82 valence electrons. The Morgan fingerprint density at radius 1 is 1.20 bits per heavy atom. The number of para-hydroxylation sites is 1. The van der Waals surface area contributed by atoms with E-state index in [1.165, 1.54) is 31.2 Å². The van der Waals surface area contributed by atoms with E-state index >= 15 is 0 Å². The van der Waals surface area contributed by atoms with E-state index in [-0.39, 0.29) is 0 Å². The molecule has 2 rings (SSSR count). The minimum absolute atomic E-state index is 0.786. The van der Waals surface area contributed by atoms with Crippen molar-refractivity contribution in [1.29, 1.82) is 0 Å². The first kappa shape index (κ1) is 11.0. The van der Waals surface area contributed by atoms with Gasteiger partial charge in [0.05, 0.1) is 6.61 Å². The second kappa shape index (κ2) is 5.55. The van der Waals surface area contributed by atoms with Gasteiger partial charge in [-0.1, -0.05) is 47.0 Å². The van der Waals surface area contributed by atoms with Gasteiger partial charge in [-0.2, -0.15) is 0 Å². The van der Waals surface area contributed by atoms with Crippen molar-refractivity contribution in [2.24, 2.45) is 5.92 Å². The van der Waals surface area contributed by atoms with Crippen LogP contribution in [-0.4, -0.2) is 6.61 Å². The topological polar surface area (TPSA) is 9.23 Å². The predicted molar refractivity (Wildman–Crippen MR) is 66.5 cm³/mol. The minimum Gasteiger partial charge on any atom is -0.493 e. The highest BCUT2D eigenvalue weighted by atomic mass is 79.9. The van der Waals surface area contributed by atoms with Crippen LogP contribution in [0.1, 0.15) is 31.2 Å². The van der Waals surface area contributed by atoms with Gasteiger partial charge in [0.15, 0.2) is 0 Å². The summed E-state index contributed by atoms with van der Waals surface area (Å²) in [5.41, 5.74) is 1.25. The molecule has 0 radical (unpaired) electrons. The zero-order chi connectivity index (χ0) is 10.5. The molecule has 0 spiro atoms. The third-order valence-electron chi connectivity index (χ3n) is 3.07. The third kappa shape index (κ3) is 2.97. The smallest absolute Gasteiger partial charge is 0.123 e. The highest BCUT2D eigenvalue weighted by Gasteiger charge is 2.15. The number of hydrogen-bond donors (Lipinski definition) is 0. The Labute approximate surface area is 100.0 Å². The van der Waals surface area contributed by atoms with Gasteiger partial charge in [0.2, 0.25) is 0 Å². The maximum Gasteiger partial charge on any atom is 0.123 e. The van der Waals surface area contributed by atoms with Crippen LogP contribution in [0.2, 0.25) is 0 Å². The average Bonchev–Trinajstić information content (AvgIpc) is 2.79. The fraction of sp³-hybridized carbons (Fsp3) is 0.538. The SMILES string of the molecule is BrCc1ccccc1OCC1CCCC1. The second-order valence-corrected chi connectivity index (χ2v) is 4.76. The Bertz CT molecular complexity index is 305. The first-order valence-electron chi connectivity index (χ1n) is 5.67. The maximum atomic E-state index is 5.88. The minimum atomic E-state index is 0.786. The molecule has 0 heterocycles. The normalized spacial score (nSPS) is 16.9. The molecule has 15 heavy (non-hydrogen) atoms. The monoisotopic (exact) mass is 268 g/mol. The summed E-state index contributed by atoms with van der Waals surface area (Å²) >= 11 is 3.48. The molecule has 0 bridgehead atoms. The molecule has 1 fully saturated rings. The van der Waals surface area contributed by atoms with Gasteiger partial charge in [0, 0.05) is 10.9 Å². The van der Waals surface area contributed by atoms with Crippen molar-refractivity contribution in [2.45, 2.75) is 31.0 Å². The largest absolute Gasteiger partial charge is 0.493 e. The zero-order valence-electron chi connectivity index (χ0n) is 8.92. The summed E-state index contributed by atoms with van der Waals surface area (Å²) in [6.45, 7) is 0.893. The molecule has 1 aliphatic rings. The van der Waals surface area contributed by atoms with Crippen molar-refractivity contribution in [3.63, 3.8) is 0 Å². The van der Waals surface area contributed by atoms with Crippen LogP contribution in [0.15, 0.2) is 24.3 Å². The summed E-state index contributed by atoms with van der Waals surface area (Å²) in [5, 5.41) is 0.869. The lowest BCUT2D eigenvalue weighted by Crippen LogP contribution is -2.08. The average molecular weight is 269 g/mol. The van der Waals surface area contributed by atoms with Crippen molar-refractivity contribution in [3.05, 3.63) is 29.8 Å². The molecule has 1 aromatic rings. The lowest BCUT2D eigenvalue weighted by atomic mass is 10.1. The van der Waals surface area contributed by atoms with Crippen molar-refractivity contribution in [1.82, 2.24) is 0 Å². The molecule has 1 nitrogen and oxygen atoms in total. The standard InChI is InChI=1S/C13H17BrO/c14-9-12-7-3-4-8-13(12)15-10-11-5-1-2-6-11/h3-4,7-8,11H,1-2,5-6,9-10H2. The lowest BCUT2D eigenvalue weighted by molar-refractivity contribution is 0.250. The van der Waals surface area contributed by atoms with Crippen LogP contribution >= 0.6 is 15.9 Å². The summed E-state index contributed by atoms with van der Waals surface area (Å²) in [6.07, 6.45) is 5.45. The highest BCUT2D eigenvalue weighted by molar-refractivity contribution is 9.08. The number of benzene rings is 1. The summed E-state index contributed by atoms with van der Waals surface area (Å²) in [6, 6.07) is 8.26. The van der Waals surface area contributed by atoms with Crippen LogP contribution in [0.25, 0.3) is 0 Å². The third-order valence-corrected chi connectivity index (χ3v) is 3.67. The zero-order valence-corrected chi connectivity index (χ0v) is 10.5. The molecule has 0 N–H and O–H groups in total. The molecular weight excluding hydrogens is 252 g/mol. The molecule has 2 heteroatoms. The molecule has 0 atom stereocenters. The number of alkyl halides is 1. The summed E-state index contributed by atoms with van der Waals surface area (Å²) in [4.78, 5) is 0. The molecule has 0 amide bonds. The fourth-order valence-electron chi connectivity index (χ4n) is 2.14. The van der Waals surface area contributed by atoms with E-state index in [4.69, 9.17) is 4.74 Å². The van der Waals surface area contributed by atoms with E-state index in [2.05, 4.69) is 34.1 Å². The maximum absolute atomic E-state index is 5.88. The Morgan fingerprint density at radius 3 is 2.67 bits per heavy atom. The Morgan fingerprint density at radius 2 is 1.93 bits per heavy atom. The van der Waals surface area contributed by atoms with Crippen molar-refractivity contribution < 1.29 is 4.74 Å². The lowest BCUT2D eigenvalue weighted by Gasteiger charge is -2.13. The van der Waals surface area contributed by atoms with Crippen molar-refractivity contribution >= 4 is 15.9 Å². The van der Waals surface area contributed by atoms with Gasteiger partial charge in [0.1, 0.15) is 5.75 Å². The predicted octanol–water partition coefficient (Wildman–Crippen LogP) is 4.15. The molecule has 1 saturated carbocycles. The van der Waals surface area contributed by atoms with Gasteiger partial charge in [-0.05, 0) is 24.8 Å². The summed E-state index contributed by atoms with van der Waals surface area (Å²) < 4.78 is 5.88. The van der Waals surface area contributed by atoms with Gasteiger partial charge < -0.3 is 4.74 Å². The van der Waals surface area contributed by atoms with Crippen LogP contribution in [0, 0.1) is 5.92 Å². The molecule has 0 unspecified atom stereocenters. The van der Waals surface area contributed by atoms with Crippen LogP contribution in [0.3, 0.4) is 0 Å². The first-order valence-corrected chi connectivity index (χ1v) is 6.79. The van der Waals surface area contributed by atoms with Crippen LogP contribution in [0.4, 0.5) is 0 Å². The van der Waals surface area contributed by atoms with Gasteiger partial charge in [-0.3, -0.25) is 0 Å².